The molecule has 2 unspecified atom stereocenters. The van der Waals surface area contributed by atoms with Crippen LogP contribution in [0, 0.1) is 0 Å². The fourth-order valence-electron chi connectivity index (χ4n) is 4.30. The Labute approximate surface area is 193 Å². The summed E-state index contributed by atoms with van der Waals surface area (Å²) in [4.78, 5) is 5.77. The Morgan fingerprint density at radius 1 is 1.23 bits per heavy atom. The minimum atomic E-state index is -0.677. The van der Waals surface area contributed by atoms with E-state index in [1.807, 2.05) is 31.2 Å². The van der Waals surface area contributed by atoms with Crippen LogP contribution in [0.2, 0.25) is 0 Å². The van der Waals surface area contributed by atoms with Gasteiger partial charge in [-0.1, -0.05) is 34.3 Å². The third-order valence-corrected chi connectivity index (χ3v) is 7.82. The highest BCUT2D eigenvalue weighted by molar-refractivity contribution is 14.1. The van der Waals surface area contributed by atoms with Gasteiger partial charge in [0.25, 0.3) is 0 Å². The van der Waals surface area contributed by atoms with Gasteiger partial charge in [-0.3, -0.25) is 0 Å². The molecule has 0 aromatic heterocycles. The smallest absolute Gasteiger partial charge is 0.185 e. The zero-order chi connectivity index (χ0) is 21.9. The lowest BCUT2D eigenvalue weighted by Gasteiger charge is -2.35. The summed E-state index contributed by atoms with van der Waals surface area (Å²) in [5.74, 6) is 2.68. The molecule has 162 valence electrons. The largest absolute Gasteiger partial charge is 0.507 e. The highest BCUT2D eigenvalue weighted by Crippen LogP contribution is 2.54. The number of aromatic hydroxyl groups is 1. The summed E-state index contributed by atoms with van der Waals surface area (Å²) < 4.78 is 22.1. The number of fused-ring (bicyclic) bond motifs is 4. The number of methoxy groups -OCH3 is 2. The van der Waals surface area contributed by atoms with E-state index in [-0.39, 0.29) is 18.0 Å². The molecule has 8 heteroatoms. The van der Waals surface area contributed by atoms with E-state index in [0.717, 1.165) is 16.7 Å². The van der Waals surface area contributed by atoms with Crippen LogP contribution in [0.5, 0.6) is 28.7 Å². The van der Waals surface area contributed by atoms with Crippen molar-refractivity contribution in [1.29, 1.82) is 0 Å². The second-order valence-electron chi connectivity index (χ2n) is 7.86. The van der Waals surface area contributed by atoms with Crippen molar-refractivity contribution in [2.45, 2.75) is 29.0 Å². The Hall–Kier alpha value is -2.62. The molecule has 0 saturated carbocycles. The topological polar surface area (TPSA) is 78.7 Å². The zero-order valence-electron chi connectivity index (χ0n) is 17.4. The Bertz CT molecular complexity index is 1130. The van der Waals surface area contributed by atoms with Gasteiger partial charge in [0.2, 0.25) is 0 Å². The molecule has 0 radical (unpaired) electrons. The SMILES string of the molecule is C=C(C)[C@H]1Cc2c(ccc(C3=NOC4COc5cc(OC)c(OC)cc5C34I)c2O)O1. The van der Waals surface area contributed by atoms with Gasteiger partial charge < -0.3 is 28.9 Å². The molecule has 2 aromatic rings. The van der Waals surface area contributed by atoms with E-state index in [1.54, 1.807) is 14.2 Å². The number of ether oxygens (including phenoxy) is 4. The van der Waals surface area contributed by atoms with Crippen LogP contribution in [-0.4, -0.2) is 43.9 Å². The average Bonchev–Trinajstić information content (AvgIpc) is 3.35. The van der Waals surface area contributed by atoms with Crippen molar-refractivity contribution in [1.82, 2.24) is 0 Å². The molecule has 3 atom stereocenters. The van der Waals surface area contributed by atoms with E-state index >= 15 is 0 Å². The average molecular weight is 535 g/mol. The molecule has 3 heterocycles. The van der Waals surface area contributed by atoms with Crippen LogP contribution < -0.4 is 18.9 Å². The minimum Gasteiger partial charge on any atom is -0.507 e. The Morgan fingerprint density at radius 3 is 2.68 bits per heavy atom. The molecule has 1 N–H and O–H groups in total. The van der Waals surface area contributed by atoms with Gasteiger partial charge in [-0.25, -0.2) is 0 Å². The van der Waals surface area contributed by atoms with Gasteiger partial charge >= 0.3 is 0 Å². The first-order chi connectivity index (χ1) is 14.9. The van der Waals surface area contributed by atoms with Crippen LogP contribution in [0.3, 0.4) is 0 Å². The molecule has 3 aliphatic heterocycles. The van der Waals surface area contributed by atoms with Crippen LogP contribution in [0.1, 0.15) is 23.6 Å². The van der Waals surface area contributed by atoms with E-state index in [4.69, 9.17) is 23.8 Å². The number of nitrogens with zero attached hydrogens (tertiary/aromatic N) is 1. The van der Waals surface area contributed by atoms with Crippen molar-refractivity contribution in [3.63, 3.8) is 0 Å². The molecular formula is C23H22INO6. The Balaban J connectivity index is 1.62. The monoisotopic (exact) mass is 535 g/mol. The Morgan fingerprint density at radius 2 is 1.97 bits per heavy atom. The lowest BCUT2D eigenvalue weighted by Crippen LogP contribution is -2.44. The minimum absolute atomic E-state index is 0.139. The molecule has 0 amide bonds. The predicted molar refractivity (Wildman–Crippen MR) is 123 cm³/mol. The van der Waals surface area contributed by atoms with Crippen molar-refractivity contribution in [2.24, 2.45) is 5.16 Å². The first-order valence-electron chi connectivity index (χ1n) is 9.88. The van der Waals surface area contributed by atoms with Gasteiger partial charge in [-0.05, 0) is 30.7 Å². The van der Waals surface area contributed by atoms with Crippen molar-refractivity contribution in [2.75, 3.05) is 20.8 Å². The predicted octanol–water partition coefficient (Wildman–Crippen LogP) is 4.11. The Kier molecular flexibility index (Phi) is 4.72. The second kappa shape index (κ2) is 7.22. The summed E-state index contributed by atoms with van der Waals surface area (Å²) in [6.07, 6.45) is 0.0847. The van der Waals surface area contributed by atoms with E-state index in [1.165, 1.54) is 0 Å². The quantitative estimate of drug-likeness (QED) is 0.361. The number of halogens is 1. The lowest BCUT2D eigenvalue weighted by atomic mass is 9.83. The normalized spacial score (nSPS) is 25.2. The zero-order valence-corrected chi connectivity index (χ0v) is 19.6. The summed E-state index contributed by atoms with van der Waals surface area (Å²) in [5, 5.41) is 15.6. The first kappa shape index (κ1) is 20.3. The van der Waals surface area contributed by atoms with Gasteiger partial charge in [0.05, 0.1) is 14.2 Å². The molecule has 0 aliphatic carbocycles. The maximum Gasteiger partial charge on any atom is 0.185 e. The fourth-order valence-corrected chi connectivity index (χ4v) is 5.40. The van der Waals surface area contributed by atoms with Crippen LogP contribution in [0.25, 0.3) is 0 Å². The van der Waals surface area contributed by atoms with Crippen molar-refractivity contribution in [3.05, 3.63) is 53.1 Å². The molecular weight excluding hydrogens is 513 g/mol. The number of hydrogen-bond acceptors (Lipinski definition) is 7. The lowest BCUT2D eigenvalue weighted by molar-refractivity contribution is 0.0251. The van der Waals surface area contributed by atoms with Gasteiger partial charge in [0.1, 0.15) is 39.1 Å². The van der Waals surface area contributed by atoms with Crippen LogP contribution in [0.4, 0.5) is 0 Å². The molecule has 0 spiro atoms. The third-order valence-electron chi connectivity index (χ3n) is 6.03. The molecule has 7 nitrogen and oxygen atoms in total. The summed E-state index contributed by atoms with van der Waals surface area (Å²) in [5.41, 5.74) is 3.78. The highest BCUT2D eigenvalue weighted by atomic mass is 127. The van der Waals surface area contributed by atoms with Crippen molar-refractivity contribution >= 4 is 28.3 Å². The second-order valence-corrected chi connectivity index (χ2v) is 9.56. The van der Waals surface area contributed by atoms with E-state index < -0.39 is 3.42 Å². The molecule has 5 rings (SSSR count). The molecule has 0 fully saturated rings. The number of alkyl halides is 1. The fraction of sp³-hybridized carbons (Fsp3) is 0.348. The van der Waals surface area contributed by atoms with Gasteiger partial charge in [0.15, 0.2) is 17.6 Å². The molecule has 3 aliphatic rings. The summed E-state index contributed by atoms with van der Waals surface area (Å²) >= 11 is 2.35. The summed E-state index contributed by atoms with van der Waals surface area (Å²) in [6, 6.07) is 7.41. The van der Waals surface area contributed by atoms with Crippen LogP contribution in [-0.2, 0) is 14.7 Å². The first-order valence-corrected chi connectivity index (χ1v) is 11.0. The highest BCUT2D eigenvalue weighted by Gasteiger charge is 2.55. The molecule has 2 aromatic carbocycles. The standard InChI is InChI=1S/C23H22INO6/c1-11(2)16-7-13-15(30-16)6-5-12(21(13)26)22-23(24)14-8-18(27-3)19(28-4)9-17(14)29-10-20(23)31-25-22/h5-6,8-9,16,20,26H,1,7,10H2,2-4H3/t16-,20?,23?/m1/s1. The number of phenolic OH excluding ortho intramolecular Hbond substituents is 1. The van der Waals surface area contributed by atoms with Crippen molar-refractivity contribution in [3.8, 4) is 28.7 Å². The molecule has 0 bridgehead atoms. The number of benzene rings is 2. The van der Waals surface area contributed by atoms with E-state index in [9.17, 15) is 5.11 Å². The van der Waals surface area contributed by atoms with Crippen molar-refractivity contribution < 1.29 is 28.9 Å². The van der Waals surface area contributed by atoms with Gasteiger partial charge in [-0.15, -0.1) is 0 Å². The third kappa shape index (κ3) is 2.87. The van der Waals surface area contributed by atoms with E-state index in [0.29, 0.717) is 47.3 Å². The number of oxime groups is 1. The number of hydrogen-bond donors (Lipinski definition) is 1. The maximum absolute atomic E-state index is 11.2. The summed E-state index contributed by atoms with van der Waals surface area (Å²) in [7, 11) is 3.18. The number of rotatable bonds is 4. The molecule has 31 heavy (non-hydrogen) atoms. The van der Waals surface area contributed by atoms with Crippen LogP contribution in [0.15, 0.2) is 41.6 Å². The van der Waals surface area contributed by atoms with Gasteiger partial charge in [-0.2, -0.15) is 0 Å². The van der Waals surface area contributed by atoms with Gasteiger partial charge in [0, 0.05) is 29.2 Å². The summed E-state index contributed by atoms with van der Waals surface area (Å²) in [6.45, 7) is 6.23. The van der Waals surface area contributed by atoms with E-state index in [2.05, 4.69) is 34.3 Å². The number of phenols is 1. The maximum atomic E-state index is 11.2. The molecule has 0 saturated heterocycles. The van der Waals surface area contributed by atoms with Crippen LogP contribution >= 0.6 is 22.6 Å².